The highest BCUT2D eigenvalue weighted by molar-refractivity contribution is 6.00. The fourth-order valence-electron chi connectivity index (χ4n) is 7.85. The molecule has 6 N–H and O–H groups in total. The number of amides is 2. The second kappa shape index (κ2) is 21.2. The quantitative estimate of drug-likeness (QED) is 0.0938. The van der Waals surface area contributed by atoms with Crippen molar-refractivity contribution in [3.63, 3.8) is 0 Å². The summed E-state index contributed by atoms with van der Waals surface area (Å²) in [5.41, 5.74) is 16.2. The number of ketones is 3. The van der Waals surface area contributed by atoms with Gasteiger partial charge in [0.05, 0.1) is 23.4 Å². The highest BCUT2D eigenvalue weighted by Gasteiger charge is 2.36. The monoisotopic (exact) mass is 857 g/mol. The Morgan fingerprint density at radius 1 is 1.03 bits per heavy atom. The van der Waals surface area contributed by atoms with Gasteiger partial charge in [-0.05, 0) is 79.1 Å². The zero-order chi connectivity index (χ0) is 46.0. The van der Waals surface area contributed by atoms with Gasteiger partial charge in [0.2, 0.25) is 11.8 Å². The topological polar surface area (TPSA) is 232 Å². The fraction of sp³-hybridized carbons (Fsp3) is 0.429. The van der Waals surface area contributed by atoms with Crippen LogP contribution in [0.1, 0.15) is 105 Å². The van der Waals surface area contributed by atoms with E-state index in [2.05, 4.69) is 48.2 Å². The van der Waals surface area contributed by atoms with Gasteiger partial charge in [-0.2, -0.15) is 5.26 Å². The summed E-state index contributed by atoms with van der Waals surface area (Å²) in [6.07, 6.45) is 1.97. The first-order valence-electron chi connectivity index (χ1n) is 21.5. The van der Waals surface area contributed by atoms with Gasteiger partial charge >= 0.3 is 0 Å². The van der Waals surface area contributed by atoms with Crippen molar-refractivity contribution in [3.05, 3.63) is 94.8 Å². The summed E-state index contributed by atoms with van der Waals surface area (Å²) in [6.45, 7) is 10.2. The van der Waals surface area contributed by atoms with E-state index in [1.165, 1.54) is 29.8 Å². The van der Waals surface area contributed by atoms with E-state index in [-0.39, 0.29) is 86.5 Å². The van der Waals surface area contributed by atoms with Crippen LogP contribution in [0.4, 0.5) is 0 Å². The molecule has 1 aliphatic heterocycles. The lowest BCUT2D eigenvalue weighted by Crippen LogP contribution is -2.46. The number of phenols is 1. The third-order valence-corrected chi connectivity index (χ3v) is 12.1. The van der Waals surface area contributed by atoms with Gasteiger partial charge in [0.1, 0.15) is 24.1 Å². The number of benzene rings is 3. The summed E-state index contributed by atoms with van der Waals surface area (Å²) >= 11 is 0. The average molecular weight is 858 g/mol. The van der Waals surface area contributed by atoms with Crippen molar-refractivity contribution in [1.82, 2.24) is 20.2 Å². The number of aryl methyl sites for hydroxylation is 1. The van der Waals surface area contributed by atoms with Crippen LogP contribution in [0, 0.1) is 30.1 Å². The molecule has 0 saturated heterocycles. The number of phenolic OH excluding ortho intramolecular Hbond substituents is 1. The second-order valence-corrected chi connectivity index (χ2v) is 17.0. The van der Waals surface area contributed by atoms with E-state index in [4.69, 9.17) is 21.5 Å². The van der Waals surface area contributed by atoms with Crippen LogP contribution in [0.2, 0.25) is 0 Å². The number of rotatable bonds is 16. The van der Waals surface area contributed by atoms with Crippen molar-refractivity contribution >= 4 is 29.2 Å². The maximum absolute atomic E-state index is 14.6. The number of carbonyl (C=O) groups is 5. The molecule has 0 fully saturated rings. The number of Topliss-reactive ketones (excluding diaryl/α,β-unsaturated/α-hetero) is 3. The Morgan fingerprint density at radius 3 is 2.41 bits per heavy atom. The minimum atomic E-state index is -1.26. The molecule has 0 saturated carbocycles. The molecule has 0 unspecified atom stereocenters. The summed E-state index contributed by atoms with van der Waals surface area (Å²) in [7, 11) is 1.48. The van der Waals surface area contributed by atoms with Crippen LogP contribution in [0.5, 0.6) is 11.5 Å². The van der Waals surface area contributed by atoms with Gasteiger partial charge < -0.3 is 31.5 Å². The predicted molar refractivity (Wildman–Crippen MR) is 240 cm³/mol. The smallest absolute Gasteiger partial charge is 0.226 e. The van der Waals surface area contributed by atoms with E-state index >= 15 is 0 Å². The molecule has 4 bridgehead atoms. The van der Waals surface area contributed by atoms with Crippen molar-refractivity contribution in [2.75, 3.05) is 26.7 Å². The van der Waals surface area contributed by atoms with E-state index in [0.29, 0.717) is 39.5 Å². The number of nitrogens with zero attached hydrogens (tertiary/aromatic N) is 4. The van der Waals surface area contributed by atoms with Gasteiger partial charge in [0, 0.05) is 74.0 Å². The second-order valence-electron chi connectivity index (χ2n) is 17.0. The van der Waals surface area contributed by atoms with Crippen LogP contribution in [0.25, 0.3) is 22.5 Å². The maximum atomic E-state index is 14.6. The first-order valence-corrected chi connectivity index (χ1v) is 21.5. The molecular formula is C49H59N7O7. The molecule has 3 aromatic carbocycles. The van der Waals surface area contributed by atoms with E-state index in [1.807, 2.05) is 18.2 Å². The molecule has 2 heterocycles. The molecule has 14 heteroatoms. The van der Waals surface area contributed by atoms with Gasteiger partial charge in [-0.15, -0.1) is 0 Å². The summed E-state index contributed by atoms with van der Waals surface area (Å²) in [4.78, 5) is 80.6. The number of ether oxygens (including phenoxy) is 1. The van der Waals surface area contributed by atoms with Crippen molar-refractivity contribution in [2.24, 2.45) is 23.3 Å². The predicted octanol–water partition coefficient (Wildman–Crippen LogP) is 6.10. The third-order valence-electron chi connectivity index (χ3n) is 12.1. The Labute approximate surface area is 369 Å². The standard InChI is InChI=1S/C49H59N7O7/c1-7-49(4,5)35-14-11-32(12-15-35)46-53-28-38(30(3)54-46)42(59)27-34(18-20-51)48(62)56(6)45-33-13-17-44(63-22-21-52)37(26-33)36-24-31(10-16-40(36)57)25-39(41(58)9-8-19-50)55-47(61)29(2)23-43(45)60/h10-17,24,26,28-29,34,39,45,57H,7-9,18,20-23,25,27,51-52H2,1-6H3,(H,55,61)/t29-,34-,39+,45+/m1/s1. The number of fused-ring (bicyclic) bond motifs is 5. The lowest BCUT2D eigenvalue weighted by atomic mass is 9.82. The number of nitrogens with one attached hydrogen (secondary N) is 1. The molecule has 332 valence electrons. The van der Waals surface area contributed by atoms with Gasteiger partial charge in [-0.1, -0.05) is 64.1 Å². The van der Waals surface area contributed by atoms with Crippen LogP contribution in [-0.2, 0) is 31.0 Å². The number of hydrogen-bond donors (Lipinski definition) is 4. The van der Waals surface area contributed by atoms with Crippen molar-refractivity contribution in [1.29, 1.82) is 5.26 Å². The van der Waals surface area contributed by atoms with E-state index in [0.717, 1.165) is 12.0 Å². The van der Waals surface area contributed by atoms with Crippen LogP contribution >= 0.6 is 0 Å². The largest absolute Gasteiger partial charge is 0.507 e. The van der Waals surface area contributed by atoms with Gasteiger partial charge in [0.25, 0.3) is 0 Å². The minimum Gasteiger partial charge on any atom is -0.507 e. The van der Waals surface area contributed by atoms with Crippen molar-refractivity contribution in [2.45, 2.75) is 97.1 Å². The van der Waals surface area contributed by atoms with Crippen LogP contribution < -0.4 is 21.5 Å². The summed E-state index contributed by atoms with van der Waals surface area (Å²) in [5, 5.41) is 23.2. The molecule has 63 heavy (non-hydrogen) atoms. The Morgan fingerprint density at radius 2 is 1.76 bits per heavy atom. The number of hydrogen-bond acceptors (Lipinski definition) is 12. The number of nitriles is 1. The molecule has 5 rings (SSSR count). The third kappa shape index (κ3) is 11.4. The first kappa shape index (κ1) is 47.7. The van der Waals surface area contributed by atoms with Crippen LogP contribution in [0.3, 0.4) is 0 Å². The van der Waals surface area contributed by atoms with Gasteiger partial charge in [-0.25, -0.2) is 9.97 Å². The van der Waals surface area contributed by atoms with Gasteiger partial charge in [0.15, 0.2) is 23.2 Å². The first-order chi connectivity index (χ1) is 30.0. The minimum absolute atomic E-state index is 0.0154. The molecule has 0 radical (unpaired) electrons. The number of aromatic nitrogens is 2. The van der Waals surface area contributed by atoms with Crippen LogP contribution in [-0.4, -0.2) is 81.9 Å². The molecule has 14 nitrogen and oxygen atoms in total. The Bertz CT molecular complexity index is 2370. The summed E-state index contributed by atoms with van der Waals surface area (Å²) in [6, 6.07) is 17.5. The maximum Gasteiger partial charge on any atom is 0.226 e. The van der Waals surface area contributed by atoms with E-state index < -0.39 is 41.5 Å². The number of likely N-dealkylation sites (N-methyl/N-ethyl adjacent to an activating group) is 1. The number of nitrogens with two attached hydrogens (primary N) is 2. The molecule has 2 amide bonds. The Kier molecular flexibility index (Phi) is 16.1. The van der Waals surface area contributed by atoms with Gasteiger partial charge in [-0.3, -0.25) is 24.0 Å². The fourth-order valence-corrected chi connectivity index (χ4v) is 7.85. The molecule has 4 atom stereocenters. The van der Waals surface area contributed by atoms with E-state index in [1.54, 1.807) is 44.2 Å². The lowest BCUT2D eigenvalue weighted by molar-refractivity contribution is -0.142. The molecule has 1 aromatic heterocycles. The molecule has 0 aliphatic carbocycles. The normalized spacial score (nSPS) is 17.2. The Balaban J connectivity index is 1.51. The zero-order valence-corrected chi connectivity index (χ0v) is 37.1. The van der Waals surface area contributed by atoms with E-state index in [9.17, 15) is 29.1 Å². The van der Waals surface area contributed by atoms with Crippen LogP contribution in [0.15, 0.2) is 66.9 Å². The summed E-state index contributed by atoms with van der Waals surface area (Å²) in [5.74, 6) is -3.45. The molecule has 4 aromatic rings. The molecule has 1 aliphatic rings. The molecular weight excluding hydrogens is 799 g/mol. The Hall–Kier alpha value is -6.30. The SMILES string of the molecule is CCC(C)(C)c1ccc(-c2ncc(C(=O)C[C@@H](CCN)C(=O)N(C)[C@@H]3C(=O)C[C@@H](C)C(=O)N[C@H](C(=O)CCC#N)Cc4ccc(O)c(c4)-c4cc3ccc4OCCN)c(C)n2)cc1. The lowest BCUT2D eigenvalue weighted by Gasteiger charge is -2.32. The summed E-state index contributed by atoms with van der Waals surface area (Å²) < 4.78 is 6.01. The highest BCUT2D eigenvalue weighted by atomic mass is 16.5. The average Bonchev–Trinajstić information content (AvgIpc) is 3.27. The highest BCUT2D eigenvalue weighted by Crippen LogP contribution is 2.40. The van der Waals surface area contributed by atoms with Crippen molar-refractivity contribution < 1.29 is 33.8 Å². The van der Waals surface area contributed by atoms with Crippen molar-refractivity contribution in [3.8, 4) is 40.1 Å². The number of carbonyl (C=O) groups excluding carboxylic acids is 5. The zero-order valence-electron chi connectivity index (χ0n) is 37.1. The number of aromatic hydroxyl groups is 1. The molecule has 0 spiro atoms.